The number of thiophene rings is 1. The van der Waals surface area contributed by atoms with Crippen molar-refractivity contribution in [2.24, 2.45) is 0 Å². The van der Waals surface area contributed by atoms with E-state index in [1.165, 1.54) is 23.5 Å². The van der Waals surface area contributed by atoms with Gasteiger partial charge in [0.1, 0.15) is 5.82 Å². The van der Waals surface area contributed by atoms with Crippen LogP contribution in [0, 0.1) is 19.7 Å². The fourth-order valence-electron chi connectivity index (χ4n) is 2.57. The van der Waals surface area contributed by atoms with Gasteiger partial charge in [-0.05, 0) is 55.3 Å². The molecule has 112 valence electrons. The van der Waals surface area contributed by atoms with E-state index in [4.69, 9.17) is 23.2 Å². The third-order valence-corrected chi connectivity index (χ3v) is 5.40. The lowest BCUT2D eigenvalue weighted by atomic mass is 9.98. The highest BCUT2D eigenvalue weighted by Gasteiger charge is 2.22. The number of halogens is 3. The second-order valence-electron chi connectivity index (χ2n) is 5.13. The predicted octanol–water partition coefficient (Wildman–Crippen LogP) is 6.20. The van der Waals surface area contributed by atoms with Gasteiger partial charge in [0.25, 0.3) is 0 Å². The van der Waals surface area contributed by atoms with Crippen LogP contribution in [0.15, 0.2) is 30.3 Å². The molecule has 1 heterocycles. The standard InChI is InChI=1S/C17H11Cl2FOS/c1-8-5-10(18)6-9(2)14(8)16(21)17-15(19)12-4-3-11(20)7-13(12)22-17/h3-7H,1-2H3. The predicted molar refractivity (Wildman–Crippen MR) is 91.2 cm³/mol. The zero-order valence-electron chi connectivity index (χ0n) is 11.8. The molecule has 2 aromatic carbocycles. The highest BCUT2D eigenvalue weighted by molar-refractivity contribution is 7.21. The summed E-state index contributed by atoms with van der Waals surface area (Å²) in [5, 5.41) is 1.66. The van der Waals surface area contributed by atoms with Crippen molar-refractivity contribution in [1.29, 1.82) is 0 Å². The first kappa shape index (κ1) is 15.5. The number of carbonyl (C=O) groups excluding carboxylic acids is 1. The molecule has 0 radical (unpaired) electrons. The van der Waals surface area contributed by atoms with Crippen molar-refractivity contribution in [2.45, 2.75) is 13.8 Å². The molecule has 0 N–H and O–H groups in total. The molecule has 22 heavy (non-hydrogen) atoms. The lowest BCUT2D eigenvalue weighted by molar-refractivity contribution is 0.104. The van der Waals surface area contributed by atoms with Crippen molar-refractivity contribution in [3.05, 3.63) is 67.8 Å². The average molecular weight is 353 g/mol. The van der Waals surface area contributed by atoms with Crippen LogP contribution in [0.4, 0.5) is 4.39 Å². The quantitative estimate of drug-likeness (QED) is 0.502. The summed E-state index contributed by atoms with van der Waals surface area (Å²) in [4.78, 5) is 13.3. The second kappa shape index (κ2) is 5.65. The normalized spacial score (nSPS) is 11.1. The van der Waals surface area contributed by atoms with Crippen LogP contribution in [0.25, 0.3) is 10.1 Å². The fraction of sp³-hybridized carbons (Fsp3) is 0.118. The van der Waals surface area contributed by atoms with Gasteiger partial charge in [-0.3, -0.25) is 4.79 Å². The number of carbonyl (C=O) groups is 1. The van der Waals surface area contributed by atoms with Gasteiger partial charge in [-0.15, -0.1) is 11.3 Å². The van der Waals surface area contributed by atoms with Gasteiger partial charge in [0.2, 0.25) is 5.78 Å². The first-order chi connectivity index (χ1) is 10.4. The topological polar surface area (TPSA) is 17.1 Å². The maximum absolute atomic E-state index is 13.3. The zero-order chi connectivity index (χ0) is 16.0. The van der Waals surface area contributed by atoms with Crippen LogP contribution >= 0.6 is 34.5 Å². The first-order valence-electron chi connectivity index (χ1n) is 6.57. The molecule has 0 fully saturated rings. The summed E-state index contributed by atoms with van der Waals surface area (Å²) in [6.07, 6.45) is 0. The van der Waals surface area contributed by atoms with Gasteiger partial charge in [-0.25, -0.2) is 4.39 Å². The van der Waals surface area contributed by atoms with Crippen LogP contribution in [0.1, 0.15) is 26.4 Å². The van der Waals surface area contributed by atoms with Crippen LogP contribution in [0.5, 0.6) is 0 Å². The SMILES string of the molecule is Cc1cc(Cl)cc(C)c1C(=O)c1sc2cc(F)ccc2c1Cl. The van der Waals surface area contributed by atoms with E-state index >= 15 is 0 Å². The molecule has 0 amide bonds. The van der Waals surface area contributed by atoms with E-state index in [2.05, 4.69) is 0 Å². The Morgan fingerprint density at radius 3 is 2.36 bits per heavy atom. The van der Waals surface area contributed by atoms with Crippen LogP contribution in [0.3, 0.4) is 0 Å². The molecule has 0 saturated carbocycles. The van der Waals surface area contributed by atoms with Crippen molar-refractivity contribution < 1.29 is 9.18 Å². The Kier molecular flexibility index (Phi) is 3.98. The molecule has 5 heteroatoms. The summed E-state index contributed by atoms with van der Waals surface area (Å²) < 4.78 is 14.0. The summed E-state index contributed by atoms with van der Waals surface area (Å²) in [5.74, 6) is -0.499. The Morgan fingerprint density at radius 2 is 1.73 bits per heavy atom. The van der Waals surface area contributed by atoms with Gasteiger partial charge >= 0.3 is 0 Å². The Labute approximate surface area is 141 Å². The molecule has 3 aromatic rings. The van der Waals surface area contributed by atoms with E-state index in [0.717, 1.165) is 11.1 Å². The summed E-state index contributed by atoms with van der Waals surface area (Å²) in [6.45, 7) is 3.68. The number of rotatable bonds is 2. The van der Waals surface area contributed by atoms with Gasteiger partial charge in [-0.2, -0.15) is 0 Å². The molecular formula is C17H11Cl2FOS. The third-order valence-electron chi connectivity index (χ3n) is 3.52. The maximum Gasteiger partial charge on any atom is 0.205 e. The minimum atomic E-state index is -0.344. The van der Waals surface area contributed by atoms with Gasteiger partial charge in [-0.1, -0.05) is 23.2 Å². The third kappa shape index (κ3) is 2.54. The molecule has 0 aliphatic rings. The number of aryl methyl sites for hydroxylation is 2. The Bertz CT molecular complexity index is 891. The monoisotopic (exact) mass is 352 g/mol. The van der Waals surface area contributed by atoms with Gasteiger partial charge in [0, 0.05) is 20.7 Å². The van der Waals surface area contributed by atoms with Crippen LogP contribution < -0.4 is 0 Å². The molecule has 1 nitrogen and oxygen atoms in total. The second-order valence-corrected chi connectivity index (χ2v) is 7.00. The molecule has 0 saturated heterocycles. The van der Waals surface area contributed by atoms with Crippen molar-refractivity contribution >= 4 is 50.4 Å². The van der Waals surface area contributed by atoms with E-state index in [0.29, 0.717) is 30.6 Å². The lowest BCUT2D eigenvalue weighted by Crippen LogP contribution is -2.05. The summed E-state index contributed by atoms with van der Waals surface area (Å²) >= 11 is 13.5. The van der Waals surface area contributed by atoms with E-state index < -0.39 is 0 Å². The molecule has 3 rings (SSSR count). The number of hydrogen-bond acceptors (Lipinski definition) is 2. The molecular weight excluding hydrogens is 342 g/mol. The van der Waals surface area contributed by atoms with Crippen LogP contribution in [-0.4, -0.2) is 5.78 Å². The fourth-order valence-corrected chi connectivity index (χ4v) is 4.38. The van der Waals surface area contributed by atoms with E-state index in [1.54, 1.807) is 18.2 Å². The molecule has 0 unspecified atom stereocenters. The maximum atomic E-state index is 13.3. The minimum absolute atomic E-state index is 0.154. The summed E-state index contributed by atoms with van der Waals surface area (Å²) in [5.41, 5.74) is 2.20. The Hall–Kier alpha value is -1.42. The highest BCUT2D eigenvalue weighted by atomic mass is 35.5. The van der Waals surface area contributed by atoms with E-state index in [9.17, 15) is 9.18 Å². The molecule has 0 aliphatic heterocycles. The molecule has 0 atom stereocenters. The van der Waals surface area contributed by atoms with Gasteiger partial charge in [0.05, 0.1) is 9.90 Å². The van der Waals surface area contributed by atoms with Crippen molar-refractivity contribution in [2.75, 3.05) is 0 Å². The van der Waals surface area contributed by atoms with Crippen molar-refractivity contribution in [3.8, 4) is 0 Å². The summed E-state index contributed by atoms with van der Waals surface area (Å²) in [6, 6.07) is 7.84. The number of hydrogen-bond donors (Lipinski definition) is 0. The Balaban J connectivity index is 2.20. The van der Waals surface area contributed by atoms with E-state index in [1.807, 2.05) is 13.8 Å². The molecule has 0 aliphatic carbocycles. The van der Waals surface area contributed by atoms with Crippen molar-refractivity contribution in [1.82, 2.24) is 0 Å². The molecule has 0 spiro atoms. The lowest BCUT2D eigenvalue weighted by Gasteiger charge is -2.08. The smallest absolute Gasteiger partial charge is 0.205 e. The number of benzene rings is 2. The number of ketones is 1. The number of fused-ring (bicyclic) bond motifs is 1. The van der Waals surface area contributed by atoms with Crippen LogP contribution in [-0.2, 0) is 0 Å². The van der Waals surface area contributed by atoms with E-state index in [-0.39, 0.29) is 11.6 Å². The molecule has 1 aromatic heterocycles. The first-order valence-corrected chi connectivity index (χ1v) is 8.14. The minimum Gasteiger partial charge on any atom is -0.288 e. The average Bonchev–Trinajstić information content (AvgIpc) is 2.74. The van der Waals surface area contributed by atoms with Gasteiger partial charge in [0.15, 0.2) is 0 Å². The zero-order valence-corrected chi connectivity index (χ0v) is 14.2. The largest absolute Gasteiger partial charge is 0.288 e. The highest BCUT2D eigenvalue weighted by Crippen LogP contribution is 2.38. The molecule has 0 bridgehead atoms. The van der Waals surface area contributed by atoms with Gasteiger partial charge < -0.3 is 0 Å². The Morgan fingerprint density at radius 1 is 1.09 bits per heavy atom. The van der Waals surface area contributed by atoms with Crippen molar-refractivity contribution in [3.63, 3.8) is 0 Å². The van der Waals surface area contributed by atoms with Crippen LogP contribution in [0.2, 0.25) is 10.0 Å². The summed E-state index contributed by atoms with van der Waals surface area (Å²) in [7, 11) is 0.